The summed E-state index contributed by atoms with van der Waals surface area (Å²) in [4.78, 5) is 18.0. The van der Waals surface area contributed by atoms with Crippen LogP contribution in [0.2, 0.25) is 0 Å². The van der Waals surface area contributed by atoms with Crippen molar-refractivity contribution in [3.05, 3.63) is 53.5 Å². The van der Waals surface area contributed by atoms with Gasteiger partial charge < -0.3 is 5.32 Å². The highest BCUT2D eigenvalue weighted by Crippen LogP contribution is 2.50. The second-order valence-corrected chi connectivity index (χ2v) is 9.69. The number of hydrogen-bond acceptors (Lipinski definition) is 3. The quantitative estimate of drug-likeness (QED) is 0.659. The molecule has 0 spiro atoms. The van der Waals surface area contributed by atoms with E-state index in [4.69, 9.17) is 0 Å². The molecule has 3 aromatic rings. The van der Waals surface area contributed by atoms with Crippen LogP contribution in [0.4, 0.5) is 5.69 Å². The lowest BCUT2D eigenvalue weighted by molar-refractivity contribution is -0.129. The summed E-state index contributed by atoms with van der Waals surface area (Å²) in [6, 6.07) is 8.65. The van der Waals surface area contributed by atoms with Crippen molar-refractivity contribution >= 4 is 17.0 Å². The number of aromatic nitrogens is 2. The third-order valence-electron chi connectivity index (χ3n) is 7.32. The van der Waals surface area contributed by atoms with E-state index in [0.29, 0.717) is 0 Å². The van der Waals surface area contributed by atoms with Crippen LogP contribution in [0.3, 0.4) is 0 Å². The van der Waals surface area contributed by atoms with Crippen LogP contribution in [0.25, 0.3) is 16.8 Å². The highest BCUT2D eigenvalue weighted by molar-refractivity contribution is 6.04. The van der Waals surface area contributed by atoms with Gasteiger partial charge in [0.25, 0.3) is 0 Å². The number of nitrogens with zero attached hydrogens (tertiary/aromatic N) is 2. The van der Waals surface area contributed by atoms with Gasteiger partial charge in [-0.1, -0.05) is 19.9 Å². The molecule has 0 bridgehead atoms. The van der Waals surface area contributed by atoms with Crippen molar-refractivity contribution in [1.29, 1.82) is 0 Å². The average molecular weight is 388 g/mol. The summed E-state index contributed by atoms with van der Waals surface area (Å²) in [6.45, 7) is 10.5. The highest BCUT2D eigenvalue weighted by Gasteiger charge is 2.51. The Morgan fingerprint density at radius 1 is 1.14 bits per heavy atom. The minimum atomic E-state index is -0.561. The van der Waals surface area contributed by atoms with Gasteiger partial charge in [-0.25, -0.2) is 4.98 Å². The zero-order chi connectivity index (χ0) is 20.6. The molecule has 1 aromatic carbocycles. The average Bonchev–Trinajstić information content (AvgIpc) is 3.35. The molecule has 5 rings (SSSR count). The van der Waals surface area contributed by atoms with E-state index in [0.717, 1.165) is 36.0 Å². The number of anilines is 1. The maximum atomic E-state index is 13.6. The van der Waals surface area contributed by atoms with Gasteiger partial charge in [-0.15, -0.1) is 0 Å². The summed E-state index contributed by atoms with van der Waals surface area (Å²) in [7, 11) is 0. The SMILES string of the molecule is CC(C)C1(C)C(=O)C(C)(C)Nc2c1cc(-c1cccc3cncn13)c1c2CCC1. The Morgan fingerprint density at radius 2 is 1.90 bits per heavy atom. The highest BCUT2D eigenvalue weighted by atomic mass is 16.1. The Labute approximate surface area is 172 Å². The van der Waals surface area contributed by atoms with Crippen molar-refractivity contribution in [3.63, 3.8) is 0 Å². The monoisotopic (exact) mass is 387 g/mol. The molecule has 150 valence electrons. The molecule has 0 radical (unpaired) electrons. The molecule has 4 nitrogen and oxygen atoms in total. The van der Waals surface area contributed by atoms with Crippen LogP contribution < -0.4 is 5.32 Å². The molecule has 2 aromatic heterocycles. The summed E-state index contributed by atoms with van der Waals surface area (Å²) in [6.07, 6.45) is 7.09. The number of hydrogen-bond donors (Lipinski definition) is 1. The molecular weight excluding hydrogens is 358 g/mol. The lowest BCUT2D eigenvalue weighted by atomic mass is 9.62. The number of carbonyl (C=O) groups excluding carboxylic acids is 1. The second kappa shape index (κ2) is 5.94. The van der Waals surface area contributed by atoms with E-state index in [1.54, 1.807) is 0 Å². The number of carbonyl (C=O) groups is 1. The molecule has 3 heterocycles. The van der Waals surface area contributed by atoms with E-state index in [9.17, 15) is 4.79 Å². The number of ketones is 1. The summed E-state index contributed by atoms with van der Waals surface area (Å²) in [5.74, 6) is 0.490. The Morgan fingerprint density at radius 3 is 2.66 bits per heavy atom. The van der Waals surface area contributed by atoms with Crippen LogP contribution in [-0.2, 0) is 23.1 Å². The maximum absolute atomic E-state index is 13.6. The number of pyridine rings is 1. The summed E-state index contributed by atoms with van der Waals surface area (Å²) in [5, 5.41) is 3.64. The van der Waals surface area contributed by atoms with E-state index in [1.807, 2.05) is 26.4 Å². The molecule has 0 saturated heterocycles. The Hall–Kier alpha value is -2.62. The predicted molar refractivity (Wildman–Crippen MR) is 118 cm³/mol. The lowest BCUT2D eigenvalue weighted by Gasteiger charge is -2.47. The fourth-order valence-electron chi connectivity index (χ4n) is 5.45. The van der Waals surface area contributed by atoms with Gasteiger partial charge in [0, 0.05) is 11.3 Å². The van der Waals surface area contributed by atoms with Crippen LogP contribution >= 0.6 is 0 Å². The normalized spacial score (nSPS) is 22.6. The first kappa shape index (κ1) is 18.4. The summed E-state index contributed by atoms with van der Waals surface area (Å²) < 4.78 is 2.16. The van der Waals surface area contributed by atoms with Crippen molar-refractivity contribution in [2.45, 2.75) is 64.8 Å². The van der Waals surface area contributed by atoms with Crippen molar-refractivity contribution in [3.8, 4) is 11.3 Å². The van der Waals surface area contributed by atoms with Gasteiger partial charge in [0.1, 0.15) is 0 Å². The van der Waals surface area contributed by atoms with Crippen LogP contribution in [0.5, 0.6) is 0 Å². The maximum Gasteiger partial charge on any atom is 0.168 e. The van der Waals surface area contributed by atoms with E-state index in [1.165, 1.54) is 22.4 Å². The molecule has 4 heteroatoms. The molecule has 1 unspecified atom stereocenters. The van der Waals surface area contributed by atoms with E-state index >= 15 is 0 Å². The summed E-state index contributed by atoms with van der Waals surface area (Å²) >= 11 is 0. The molecule has 1 aliphatic heterocycles. The van der Waals surface area contributed by atoms with Gasteiger partial charge in [0.15, 0.2) is 5.78 Å². The molecule has 1 aliphatic carbocycles. The van der Waals surface area contributed by atoms with Crippen molar-refractivity contribution < 1.29 is 4.79 Å². The third kappa shape index (κ3) is 2.38. The number of imidazole rings is 1. The molecule has 0 saturated carbocycles. The number of fused-ring (bicyclic) bond motifs is 4. The minimum absolute atomic E-state index is 0.214. The van der Waals surface area contributed by atoms with Gasteiger partial charge in [0.2, 0.25) is 0 Å². The van der Waals surface area contributed by atoms with Gasteiger partial charge >= 0.3 is 0 Å². The second-order valence-electron chi connectivity index (χ2n) is 9.69. The number of rotatable bonds is 2. The van der Waals surface area contributed by atoms with Crippen molar-refractivity contribution in [2.24, 2.45) is 5.92 Å². The first-order valence-corrected chi connectivity index (χ1v) is 10.7. The van der Waals surface area contributed by atoms with E-state index in [-0.39, 0.29) is 11.7 Å². The van der Waals surface area contributed by atoms with Crippen LogP contribution in [0.1, 0.15) is 57.7 Å². The Kier molecular flexibility index (Phi) is 3.77. The fraction of sp³-hybridized carbons (Fsp3) is 0.440. The van der Waals surface area contributed by atoms with Gasteiger partial charge in [0.05, 0.1) is 34.7 Å². The fourth-order valence-corrected chi connectivity index (χ4v) is 5.45. The van der Waals surface area contributed by atoms with Crippen molar-refractivity contribution in [1.82, 2.24) is 9.38 Å². The van der Waals surface area contributed by atoms with Gasteiger partial charge in [-0.05, 0) is 80.8 Å². The van der Waals surface area contributed by atoms with Crippen LogP contribution in [-0.4, -0.2) is 20.7 Å². The van der Waals surface area contributed by atoms with Crippen molar-refractivity contribution in [2.75, 3.05) is 5.32 Å². The van der Waals surface area contributed by atoms with Gasteiger partial charge in [-0.3, -0.25) is 9.20 Å². The Bertz CT molecular complexity index is 1150. The minimum Gasteiger partial charge on any atom is -0.373 e. The number of nitrogens with one attached hydrogen (secondary N) is 1. The van der Waals surface area contributed by atoms with E-state index < -0.39 is 11.0 Å². The summed E-state index contributed by atoms with van der Waals surface area (Å²) in [5.41, 5.74) is 7.62. The standard InChI is InChI=1S/C25H29N3O/c1-15(2)25(5)20-12-19(21-11-6-8-16-13-26-14-28(16)21)17-9-7-10-18(17)22(20)27-24(3,4)23(25)29/h6,8,11-15,27H,7,9-10H2,1-5H3. The molecule has 2 aliphatic rings. The molecule has 1 atom stereocenters. The van der Waals surface area contributed by atoms with Crippen LogP contribution in [0, 0.1) is 5.92 Å². The topological polar surface area (TPSA) is 46.4 Å². The molecular formula is C25H29N3O. The lowest BCUT2D eigenvalue weighted by Crippen LogP contribution is -2.57. The zero-order valence-electron chi connectivity index (χ0n) is 18.0. The largest absolute Gasteiger partial charge is 0.373 e. The zero-order valence-corrected chi connectivity index (χ0v) is 18.0. The third-order valence-corrected chi connectivity index (χ3v) is 7.32. The van der Waals surface area contributed by atoms with Gasteiger partial charge in [-0.2, -0.15) is 0 Å². The molecule has 0 amide bonds. The molecule has 0 fully saturated rings. The van der Waals surface area contributed by atoms with Crippen LogP contribution in [0.15, 0.2) is 36.8 Å². The first-order chi connectivity index (χ1) is 13.7. The first-order valence-electron chi connectivity index (χ1n) is 10.7. The number of Topliss-reactive ketones (excluding diaryl/α,β-unsaturated/α-hetero) is 1. The Balaban J connectivity index is 1.86. The molecule has 29 heavy (non-hydrogen) atoms. The smallest absolute Gasteiger partial charge is 0.168 e. The molecule has 1 N–H and O–H groups in total. The number of benzene rings is 1. The van der Waals surface area contributed by atoms with E-state index in [2.05, 4.69) is 59.7 Å². The predicted octanol–water partition coefficient (Wildman–Crippen LogP) is 5.18.